The molecule has 0 aliphatic carbocycles. The van der Waals surface area contributed by atoms with Crippen LogP contribution >= 0.6 is 0 Å². The Hall–Kier alpha value is -4.58. The minimum Gasteiger partial charge on any atom is -0.293 e. The number of imidazole rings is 1. The van der Waals surface area contributed by atoms with E-state index < -0.39 is 0 Å². The van der Waals surface area contributed by atoms with Crippen molar-refractivity contribution in [2.75, 3.05) is 0 Å². The smallest absolute Gasteiger partial charge is 0.293 e. The molecule has 40 heavy (non-hydrogen) atoms. The van der Waals surface area contributed by atoms with Gasteiger partial charge < -0.3 is 0 Å². The first-order chi connectivity index (χ1) is 19.5. The summed E-state index contributed by atoms with van der Waals surface area (Å²) in [7, 11) is 1.80. The molecule has 202 valence electrons. The van der Waals surface area contributed by atoms with E-state index in [4.69, 9.17) is 0 Å². The summed E-state index contributed by atoms with van der Waals surface area (Å²) < 4.78 is 3.48. The third-order valence-electron chi connectivity index (χ3n) is 7.38. The predicted molar refractivity (Wildman–Crippen MR) is 165 cm³/mol. The number of benzene rings is 2. The standard InChI is InChI=1S/C32H29N5O.C2H6/c1-4-6-21(2)22-8-12-26(13-9-22)37-31-27-17-23(10-15-29(27)35-20-30(31)36(3)32(37)38)24-11-14-28(34-19-24)25-7-5-16-33-18-25;1-2/h5,7-21H,4,6H2,1-3H3;1-2H3. The molecule has 6 nitrogen and oxygen atoms in total. The fourth-order valence-corrected chi connectivity index (χ4v) is 5.22. The van der Waals surface area contributed by atoms with E-state index in [1.54, 1.807) is 28.6 Å². The lowest BCUT2D eigenvalue weighted by atomic mass is 9.96. The van der Waals surface area contributed by atoms with Gasteiger partial charge in [0.15, 0.2) is 0 Å². The van der Waals surface area contributed by atoms with Gasteiger partial charge in [-0.25, -0.2) is 4.79 Å². The number of hydrogen-bond acceptors (Lipinski definition) is 4. The van der Waals surface area contributed by atoms with E-state index in [1.165, 1.54) is 5.56 Å². The number of fused-ring (bicyclic) bond motifs is 3. The normalized spacial score (nSPS) is 11.8. The Kier molecular flexibility index (Phi) is 7.87. The van der Waals surface area contributed by atoms with Gasteiger partial charge in [-0.3, -0.25) is 24.1 Å². The molecule has 4 aromatic heterocycles. The Bertz CT molecular complexity index is 1800. The molecule has 4 heterocycles. The second-order valence-electron chi connectivity index (χ2n) is 9.86. The fourth-order valence-electron chi connectivity index (χ4n) is 5.22. The van der Waals surface area contributed by atoms with Gasteiger partial charge in [0.1, 0.15) is 0 Å². The Labute approximate surface area is 235 Å². The number of aryl methyl sites for hydroxylation is 1. The lowest BCUT2D eigenvalue weighted by Crippen LogP contribution is -2.20. The molecule has 6 aromatic rings. The summed E-state index contributed by atoms with van der Waals surface area (Å²) in [6, 6.07) is 22.6. The molecule has 0 amide bonds. The number of hydrogen-bond donors (Lipinski definition) is 0. The Morgan fingerprint density at radius 1 is 0.850 bits per heavy atom. The number of aromatic nitrogens is 5. The van der Waals surface area contributed by atoms with Crippen LogP contribution in [-0.4, -0.2) is 24.1 Å². The summed E-state index contributed by atoms with van der Waals surface area (Å²) in [5.74, 6) is 0.490. The van der Waals surface area contributed by atoms with Gasteiger partial charge in [-0.05, 0) is 65.9 Å². The lowest BCUT2D eigenvalue weighted by Gasteiger charge is -2.12. The third-order valence-corrected chi connectivity index (χ3v) is 7.38. The Morgan fingerprint density at radius 2 is 1.62 bits per heavy atom. The number of nitrogens with zero attached hydrogens (tertiary/aromatic N) is 5. The molecule has 0 saturated carbocycles. The van der Waals surface area contributed by atoms with Crippen LogP contribution < -0.4 is 5.69 Å². The van der Waals surface area contributed by atoms with Crippen LogP contribution in [0, 0.1) is 0 Å². The first kappa shape index (κ1) is 27.0. The van der Waals surface area contributed by atoms with Crippen molar-refractivity contribution in [3.8, 4) is 28.1 Å². The van der Waals surface area contributed by atoms with Crippen LogP contribution in [0.15, 0.2) is 96.3 Å². The summed E-state index contributed by atoms with van der Waals surface area (Å²) in [6.45, 7) is 8.46. The molecule has 0 spiro atoms. The van der Waals surface area contributed by atoms with Crippen LogP contribution in [0.3, 0.4) is 0 Å². The highest BCUT2D eigenvalue weighted by Crippen LogP contribution is 2.31. The van der Waals surface area contributed by atoms with Crippen LogP contribution in [0.2, 0.25) is 0 Å². The zero-order valence-electron chi connectivity index (χ0n) is 23.8. The largest absolute Gasteiger partial charge is 0.333 e. The molecule has 0 bridgehead atoms. The molecule has 6 rings (SSSR count). The first-order valence-corrected chi connectivity index (χ1v) is 14.0. The van der Waals surface area contributed by atoms with Gasteiger partial charge in [-0.2, -0.15) is 0 Å². The van der Waals surface area contributed by atoms with Crippen molar-refractivity contribution >= 4 is 21.9 Å². The summed E-state index contributed by atoms with van der Waals surface area (Å²) in [5.41, 5.74) is 8.43. The van der Waals surface area contributed by atoms with Crippen LogP contribution in [0.4, 0.5) is 0 Å². The zero-order chi connectivity index (χ0) is 28.2. The van der Waals surface area contributed by atoms with Gasteiger partial charge in [0, 0.05) is 42.2 Å². The average Bonchev–Trinajstić information content (AvgIpc) is 3.28. The average molecular weight is 530 g/mol. The predicted octanol–water partition coefficient (Wildman–Crippen LogP) is 7.93. The van der Waals surface area contributed by atoms with Crippen LogP contribution in [0.1, 0.15) is 52.0 Å². The van der Waals surface area contributed by atoms with E-state index in [0.29, 0.717) is 5.92 Å². The van der Waals surface area contributed by atoms with Crippen molar-refractivity contribution in [3.63, 3.8) is 0 Å². The van der Waals surface area contributed by atoms with Crippen molar-refractivity contribution < 1.29 is 0 Å². The van der Waals surface area contributed by atoms with Crippen molar-refractivity contribution in [2.45, 2.75) is 46.5 Å². The topological polar surface area (TPSA) is 65.6 Å². The maximum absolute atomic E-state index is 13.5. The molecule has 6 heteroatoms. The van der Waals surface area contributed by atoms with Crippen molar-refractivity contribution in [1.82, 2.24) is 24.1 Å². The van der Waals surface area contributed by atoms with Gasteiger partial charge in [-0.15, -0.1) is 0 Å². The summed E-state index contributed by atoms with van der Waals surface area (Å²) in [5, 5.41) is 0.928. The second-order valence-corrected chi connectivity index (χ2v) is 9.86. The summed E-state index contributed by atoms with van der Waals surface area (Å²) in [6.07, 6.45) is 9.53. The quantitative estimate of drug-likeness (QED) is 0.220. The van der Waals surface area contributed by atoms with E-state index in [2.05, 4.69) is 71.3 Å². The summed E-state index contributed by atoms with van der Waals surface area (Å²) in [4.78, 5) is 27.0. The third kappa shape index (κ3) is 4.93. The van der Waals surface area contributed by atoms with Crippen LogP contribution in [-0.2, 0) is 7.05 Å². The minimum absolute atomic E-state index is 0.0865. The van der Waals surface area contributed by atoms with Gasteiger partial charge in [0.25, 0.3) is 0 Å². The molecule has 1 atom stereocenters. The lowest BCUT2D eigenvalue weighted by molar-refractivity contribution is 0.665. The van der Waals surface area contributed by atoms with Gasteiger partial charge in [0.2, 0.25) is 0 Å². The molecule has 0 aliphatic rings. The van der Waals surface area contributed by atoms with Crippen LogP contribution in [0.5, 0.6) is 0 Å². The molecular formula is C34H35N5O. The molecular weight excluding hydrogens is 494 g/mol. The van der Waals surface area contributed by atoms with Crippen molar-refractivity contribution in [3.05, 3.63) is 108 Å². The molecule has 0 fully saturated rings. The zero-order valence-corrected chi connectivity index (χ0v) is 23.8. The van der Waals surface area contributed by atoms with E-state index in [0.717, 1.165) is 62.8 Å². The number of pyridine rings is 3. The second kappa shape index (κ2) is 11.7. The molecule has 1 unspecified atom stereocenters. The van der Waals surface area contributed by atoms with E-state index in [1.807, 2.05) is 50.5 Å². The van der Waals surface area contributed by atoms with E-state index >= 15 is 0 Å². The number of rotatable bonds is 6. The SMILES string of the molecule is CC.CCCC(C)c1ccc(-n2c(=O)n(C)c3cnc4ccc(-c5ccc(-c6cccnc6)nc5)cc4c32)cc1. The first-order valence-electron chi connectivity index (χ1n) is 14.0. The monoisotopic (exact) mass is 529 g/mol. The van der Waals surface area contributed by atoms with Crippen molar-refractivity contribution in [2.24, 2.45) is 7.05 Å². The van der Waals surface area contributed by atoms with Gasteiger partial charge in [0.05, 0.1) is 34.1 Å². The Morgan fingerprint density at radius 3 is 2.30 bits per heavy atom. The highest BCUT2D eigenvalue weighted by Gasteiger charge is 2.17. The minimum atomic E-state index is -0.0865. The fraction of sp³-hybridized carbons (Fsp3) is 0.235. The molecule has 0 aliphatic heterocycles. The highest BCUT2D eigenvalue weighted by molar-refractivity contribution is 6.04. The van der Waals surface area contributed by atoms with Crippen molar-refractivity contribution in [1.29, 1.82) is 0 Å². The maximum atomic E-state index is 13.5. The maximum Gasteiger partial charge on any atom is 0.333 e. The molecule has 2 aromatic carbocycles. The van der Waals surface area contributed by atoms with E-state index in [9.17, 15) is 4.79 Å². The van der Waals surface area contributed by atoms with Gasteiger partial charge in [-0.1, -0.05) is 58.4 Å². The summed E-state index contributed by atoms with van der Waals surface area (Å²) >= 11 is 0. The molecule has 0 radical (unpaired) electrons. The van der Waals surface area contributed by atoms with Gasteiger partial charge >= 0.3 is 5.69 Å². The van der Waals surface area contributed by atoms with Crippen LogP contribution in [0.25, 0.3) is 50.0 Å². The molecule has 0 N–H and O–H groups in total. The Balaban J connectivity index is 0.00000158. The highest BCUT2D eigenvalue weighted by atomic mass is 16.1. The molecule has 0 saturated heterocycles. The van der Waals surface area contributed by atoms with E-state index in [-0.39, 0.29) is 5.69 Å².